The first-order valence-corrected chi connectivity index (χ1v) is 11.2. The summed E-state index contributed by atoms with van der Waals surface area (Å²) in [5, 5.41) is 0. The van der Waals surface area contributed by atoms with Crippen molar-refractivity contribution in [3.05, 3.63) is 23.8 Å². The Morgan fingerprint density at radius 2 is 1.81 bits per heavy atom. The molecule has 1 unspecified atom stereocenters. The summed E-state index contributed by atoms with van der Waals surface area (Å²) >= 11 is 0. The molecule has 0 saturated carbocycles. The van der Waals surface area contributed by atoms with Crippen molar-refractivity contribution in [2.24, 2.45) is 4.99 Å². The van der Waals surface area contributed by atoms with E-state index in [2.05, 4.69) is 4.99 Å². The van der Waals surface area contributed by atoms with Gasteiger partial charge in [-0.2, -0.15) is 0 Å². The number of aliphatic imine (C=N–C) groups is 1. The predicted octanol–water partition coefficient (Wildman–Crippen LogP) is 0.615. The maximum Gasteiger partial charge on any atom is 1.00 e. The average molecular weight is 428 g/mol. The van der Waals surface area contributed by atoms with Crippen LogP contribution in [0.3, 0.4) is 0 Å². The third-order valence-electron chi connectivity index (χ3n) is 4.48. The van der Waals surface area contributed by atoms with Crippen LogP contribution in [0.15, 0.2) is 28.1 Å². The van der Waals surface area contributed by atoms with Gasteiger partial charge in [0.25, 0.3) is 0 Å². The van der Waals surface area contributed by atoms with E-state index >= 15 is 0 Å². The Morgan fingerprint density at radius 1 is 1.23 bits per heavy atom. The van der Waals surface area contributed by atoms with E-state index in [4.69, 9.17) is 9.05 Å². The molecule has 0 N–H and O–H groups in total. The number of fused-ring (bicyclic) bond motifs is 1. The summed E-state index contributed by atoms with van der Waals surface area (Å²) in [6.07, 6.45) is 0.570. The van der Waals surface area contributed by atoms with Gasteiger partial charge in [-0.05, 0) is 51.0 Å². The summed E-state index contributed by atoms with van der Waals surface area (Å²) in [6, 6.07) is 4.15. The summed E-state index contributed by atoms with van der Waals surface area (Å²) in [5.41, 5.74) is 1.39. The first kappa shape index (κ1) is 24.6. The van der Waals surface area contributed by atoms with Crippen LogP contribution in [0.4, 0.5) is 5.69 Å². The van der Waals surface area contributed by atoms with Gasteiger partial charge in [-0.1, -0.05) is 6.92 Å². The van der Waals surface area contributed by atoms with Gasteiger partial charge in [0.05, 0.1) is 30.0 Å². The van der Waals surface area contributed by atoms with Crippen LogP contribution in [-0.4, -0.2) is 38.1 Å². The maximum absolute atomic E-state index is 12.7. The Bertz CT molecular complexity index is 831. The Morgan fingerprint density at radius 3 is 2.31 bits per heavy atom. The molecule has 0 fully saturated rings. The van der Waals surface area contributed by atoms with E-state index in [9.17, 15) is 17.5 Å². The zero-order valence-corrected chi connectivity index (χ0v) is 20.6. The molecule has 1 aliphatic heterocycles. The van der Waals surface area contributed by atoms with E-state index < -0.39 is 23.1 Å². The van der Waals surface area contributed by atoms with Crippen LogP contribution in [-0.2, 0) is 29.1 Å². The third kappa shape index (κ3) is 5.35. The van der Waals surface area contributed by atoms with Crippen LogP contribution in [0.25, 0.3) is 0 Å². The van der Waals surface area contributed by atoms with E-state index in [0.717, 1.165) is 5.71 Å². The fourth-order valence-electron chi connectivity index (χ4n) is 2.94. The summed E-state index contributed by atoms with van der Waals surface area (Å²) in [7, 11) is -7.79. The zero-order valence-electron chi connectivity index (χ0n) is 15.8. The van der Waals surface area contributed by atoms with Gasteiger partial charge in [0.15, 0.2) is 0 Å². The minimum Gasteiger partial charge on any atom is -0.744 e. The van der Waals surface area contributed by atoms with Gasteiger partial charge in [0, 0.05) is 11.1 Å². The van der Waals surface area contributed by atoms with Crippen molar-refractivity contribution in [2.45, 2.75) is 44.4 Å². The second kappa shape index (κ2) is 9.39. The van der Waals surface area contributed by atoms with E-state index in [-0.39, 0.29) is 75.7 Å². The predicted molar refractivity (Wildman–Crippen MR) is 94.9 cm³/mol. The first-order valence-electron chi connectivity index (χ1n) is 8.10. The summed E-state index contributed by atoms with van der Waals surface area (Å²) in [6.45, 7) is 7.76. The molecule has 0 saturated heterocycles. The van der Waals surface area contributed by atoms with Gasteiger partial charge in [-0.15, -0.1) is 0 Å². The molecule has 7 nitrogen and oxygen atoms in total. The van der Waals surface area contributed by atoms with Crippen LogP contribution in [0.5, 0.6) is 0 Å². The smallest absolute Gasteiger partial charge is 0.744 e. The molecule has 1 heterocycles. The number of nitrogens with zero attached hydrogens (tertiary/aromatic N) is 1. The van der Waals surface area contributed by atoms with E-state index in [1.165, 1.54) is 18.2 Å². The molecule has 0 spiro atoms. The van der Waals surface area contributed by atoms with Crippen LogP contribution >= 0.6 is 7.60 Å². The Kier molecular flexibility index (Phi) is 8.89. The second-order valence-electron chi connectivity index (χ2n) is 6.08. The summed E-state index contributed by atoms with van der Waals surface area (Å²) < 4.78 is 57.4. The molecular formula is C16H23KNO6PS. The van der Waals surface area contributed by atoms with Gasteiger partial charge in [0.2, 0.25) is 0 Å². The van der Waals surface area contributed by atoms with Gasteiger partial charge in [-0.3, -0.25) is 9.56 Å². The normalized spacial score (nSPS) is 19.7. The van der Waals surface area contributed by atoms with Gasteiger partial charge < -0.3 is 13.6 Å². The summed E-state index contributed by atoms with van der Waals surface area (Å²) in [5.74, 6) is 0. The van der Waals surface area contributed by atoms with Crippen LogP contribution in [0, 0.1) is 0 Å². The fraction of sp³-hybridized carbons (Fsp3) is 0.562. The molecule has 1 aromatic rings. The van der Waals surface area contributed by atoms with E-state index in [1.54, 1.807) is 13.8 Å². The number of benzene rings is 1. The van der Waals surface area contributed by atoms with Crippen molar-refractivity contribution in [3.8, 4) is 0 Å². The Balaban J connectivity index is 0.00000338. The molecule has 0 aromatic heterocycles. The first-order chi connectivity index (χ1) is 11.6. The van der Waals surface area contributed by atoms with Crippen LogP contribution < -0.4 is 51.4 Å². The molecule has 10 heteroatoms. The molecule has 1 aliphatic rings. The molecule has 0 amide bonds. The van der Waals surface area contributed by atoms with Crippen molar-refractivity contribution in [2.75, 3.05) is 19.4 Å². The minimum atomic E-state index is -4.56. The van der Waals surface area contributed by atoms with E-state index in [0.29, 0.717) is 17.7 Å². The van der Waals surface area contributed by atoms with Gasteiger partial charge in [0.1, 0.15) is 10.1 Å². The van der Waals surface area contributed by atoms with Crippen molar-refractivity contribution < 1.29 is 78.0 Å². The number of rotatable bonds is 8. The van der Waals surface area contributed by atoms with Crippen LogP contribution in [0.2, 0.25) is 0 Å². The molecule has 1 atom stereocenters. The van der Waals surface area contributed by atoms with E-state index in [1.807, 2.05) is 13.8 Å². The third-order valence-corrected chi connectivity index (χ3v) is 7.38. The Hall–Kier alpha value is 0.586. The molecule has 26 heavy (non-hydrogen) atoms. The quantitative estimate of drug-likeness (QED) is 0.342. The average Bonchev–Trinajstić information content (AvgIpc) is 2.76. The number of hydrogen-bond donors (Lipinski definition) is 0. The second-order valence-corrected chi connectivity index (χ2v) is 9.65. The molecule has 2 rings (SSSR count). The minimum absolute atomic E-state index is 0. The molecule has 0 bridgehead atoms. The number of hydrogen-bond acceptors (Lipinski definition) is 7. The topological polar surface area (TPSA) is 105 Å². The van der Waals surface area contributed by atoms with Crippen molar-refractivity contribution in [1.82, 2.24) is 0 Å². The van der Waals surface area contributed by atoms with Crippen molar-refractivity contribution >= 4 is 29.1 Å². The maximum atomic E-state index is 12.7. The van der Waals surface area contributed by atoms with Gasteiger partial charge in [-0.25, -0.2) is 8.42 Å². The fourth-order valence-corrected chi connectivity index (χ4v) is 5.28. The molecule has 0 radical (unpaired) electrons. The standard InChI is InChI=1S/C16H24NO6PS.K/c1-5-22-24(18,23-6-2)10-9-16(4)12(3)17-15-8-7-13(11-14(15)16)25(19,20)21;/h7-8,11H,5-6,9-10H2,1-4H3,(H,19,20,21);/q;+1/p-1. The monoisotopic (exact) mass is 427 g/mol. The van der Waals surface area contributed by atoms with Crippen molar-refractivity contribution in [1.29, 1.82) is 0 Å². The SMILES string of the molecule is CCOP(=O)(CCC1(C)C(C)=Nc2ccc(S(=O)(=O)[O-])cc21)OCC.[K+]. The molecule has 0 aliphatic carbocycles. The molecular weight excluding hydrogens is 404 g/mol. The molecule has 1 aromatic carbocycles. The Labute approximate surface area is 197 Å². The van der Waals surface area contributed by atoms with Crippen LogP contribution in [0.1, 0.15) is 39.7 Å². The molecule has 140 valence electrons. The van der Waals surface area contributed by atoms with Crippen molar-refractivity contribution in [3.63, 3.8) is 0 Å². The zero-order chi connectivity index (χ0) is 18.9. The largest absolute Gasteiger partial charge is 1.00 e. The summed E-state index contributed by atoms with van der Waals surface area (Å²) in [4.78, 5) is 4.18. The van der Waals surface area contributed by atoms with Gasteiger partial charge >= 0.3 is 59.0 Å².